The summed E-state index contributed by atoms with van der Waals surface area (Å²) < 4.78 is 23.6. The van der Waals surface area contributed by atoms with Gasteiger partial charge >= 0.3 is 5.97 Å². The molecule has 150 valence electrons. The lowest BCUT2D eigenvalue weighted by atomic mass is 10.1. The number of nitrogens with one attached hydrogen (secondary N) is 1. The van der Waals surface area contributed by atoms with Gasteiger partial charge in [-0.3, -0.25) is 9.59 Å². The van der Waals surface area contributed by atoms with E-state index in [1.165, 1.54) is 19.1 Å². The van der Waals surface area contributed by atoms with E-state index in [0.29, 0.717) is 10.9 Å². The van der Waals surface area contributed by atoms with Crippen LogP contribution in [0, 0.1) is 12.7 Å². The molecule has 0 bridgehead atoms. The molecule has 0 aliphatic heterocycles. The topological polar surface area (TPSA) is 85.6 Å². The first kappa shape index (κ1) is 20.3. The second kappa shape index (κ2) is 8.26. The lowest BCUT2D eigenvalue weighted by Gasteiger charge is -2.18. The number of fused-ring (bicyclic) bond motifs is 1. The highest BCUT2D eigenvalue weighted by Crippen LogP contribution is 2.16. The standard InChI is InChI=1S/C22H20FNO5/c1-12-4-9-19-17(10-12)18(25)11-20(29-19)22(27)28-14(3)21(26)24-13(2)15-5-7-16(23)8-6-15/h4-11,13-14H,1-3H3,(H,24,26). The minimum Gasteiger partial charge on any atom is -0.449 e. The van der Waals surface area contributed by atoms with Gasteiger partial charge in [0, 0.05) is 6.07 Å². The zero-order valence-corrected chi connectivity index (χ0v) is 16.2. The van der Waals surface area contributed by atoms with Crippen molar-refractivity contribution < 1.29 is 23.1 Å². The van der Waals surface area contributed by atoms with Gasteiger partial charge < -0.3 is 14.5 Å². The summed E-state index contributed by atoms with van der Waals surface area (Å²) in [5, 5.41) is 3.05. The Morgan fingerprint density at radius 1 is 1.07 bits per heavy atom. The van der Waals surface area contributed by atoms with Crippen molar-refractivity contribution in [3.8, 4) is 0 Å². The monoisotopic (exact) mass is 397 g/mol. The van der Waals surface area contributed by atoms with Crippen molar-refractivity contribution in [2.45, 2.75) is 32.9 Å². The number of benzene rings is 2. The summed E-state index contributed by atoms with van der Waals surface area (Å²) in [6.45, 7) is 4.98. The largest absolute Gasteiger partial charge is 0.449 e. The maximum Gasteiger partial charge on any atom is 0.375 e. The Kier molecular flexibility index (Phi) is 5.77. The van der Waals surface area contributed by atoms with Crippen LogP contribution in [0.4, 0.5) is 4.39 Å². The first-order chi connectivity index (χ1) is 13.7. The minimum atomic E-state index is -1.12. The Bertz CT molecular complexity index is 1120. The van der Waals surface area contributed by atoms with Crippen LogP contribution in [0.15, 0.2) is 57.7 Å². The molecule has 0 saturated carbocycles. The predicted octanol–water partition coefficient (Wildman–Crippen LogP) is 3.66. The summed E-state index contributed by atoms with van der Waals surface area (Å²) in [6.07, 6.45) is -1.12. The van der Waals surface area contributed by atoms with Gasteiger partial charge in [0.2, 0.25) is 5.76 Å². The van der Waals surface area contributed by atoms with E-state index in [-0.39, 0.29) is 22.6 Å². The number of rotatable bonds is 5. The van der Waals surface area contributed by atoms with Gasteiger partial charge in [-0.05, 0) is 50.6 Å². The molecule has 0 aliphatic rings. The fourth-order valence-electron chi connectivity index (χ4n) is 2.81. The number of amides is 1. The molecule has 0 saturated heterocycles. The number of carbonyl (C=O) groups is 2. The molecule has 2 unspecified atom stereocenters. The zero-order chi connectivity index (χ0) is 21.1. The lowest BCUT2D eigenvalue weighted by molar-refractivity contribution is -0.129. The molecule has 29 heavy (non-hydrogen) atoms. The Labute approximate surface area is 166 Å². The lowest BCUT2D eigenvalue weighted by Crippen LogP contribution is -2.37. The summed E-state index contributed by atoms with van der Waals surface area (Å²) >= 11 is 0. The molecule has 0 fully saturated rings. The van der Waals surface area contributed by atoms with Crippen molar-refractivity contribution >= 4 is 22.8 Å². The third-order valence-corrected chi connectivity index (χ3v) is 4.47. The van der Waals surface area contributed by atoms with Gasteiger partial charge in [-0.15, -0.1) is 0 Å². The highest BCUT2D eigenvalue weighted by Gasteiger charge is 2.23. The number of halogens is 1. The van der Waals surface area contributed by atoms with Gasteiger partial charge in [0.1, 0.15) is 11.4 Å². The third-order valence-electron chi connectivity index (χ3n) is 4.47. The maximum absolute atomic E-state index is 13.0. The molecule has 3 aromatic rings. The average Bonchev–Trinajstić information content (AvgIpc) is 2.68. The number of hydrogen-bond donors (Lipinski definition) is 1. The van der Waals surface area contributed by atoms with Crippen LogP contribution in [-0.4, -0.2) is 18.0 Å². The van der Waals surface area contributed by atoms with Crippen LogP contribution >= 0.6 is 0 Å². The van der Waals surface area contributed by atoms with E-state index in [4.69, 9.17) is 9.15 Å². The van der Waals surface area contributed by atoms with Crippen LogP contribution in [0.25, 0.3) is 11.0 Å². The molecule has 0 aliphatic carbocycles. The van der Waals surface area contributed by atoms with E-state index >= 15 is 0 Å². The van der Waals surface area contributed by atoms with Crippen molar-refractivity contribution in [1.29, 1.82) is 0 Å². The van der Waals surface area contributed by atoms with Gasteiger partial charge in [-0.2, -0.15) is 0 Å². The van der Waals surface area contributed by atoms with Crippen LogP contribution in [-0.2, 0) is 9.53 Å². The van der Waals surface area contributed by atoms with E-state index in [1.807, 2.05) is 6.92 Å². The molecule has 1 amide bonds. The maximum atomic E-state index is 13.0. The second-order valence-electron chi connectivity index (χ2n) is 6.80. The van der Waals surface area contributed by atoms with Crippen molar-refractivity contribution in [2.75, 3.05) is 0 Å². The summed E-state index contributed by atoms with van der Waals surface area (Å²) in [6, 6.07) is 11.4. The number of aryl methyl sites for hydroxylation is 1. The molecular formula is C22H20FNO5. The molecule has 1 heterocycles. The number of esters is 1. The Balaban J connectivity index is 1.69. The van der Waals surface area contributed by atoms with Crippen LogP contribution in [0.1, 0.15) is 41.6 Å². The normalized spacial score (nSPS) is 13.0. The molecular weight excluding hydrogens is 377 g/mol. The number of carbonyl (C=O) groups excluding carboxylic acids is 2. The average molecular weight is 397 g/mol. The zero-order valence-electron chi connectivity index (χ0n) is 16.2. The van der Waals surface area contributed by atoms with E-state index in [9.17, 15) is 18.8 Å². The smallest absolute Gasteiger partial charge is 0.375 e. The van der Waals surface area contributed by atoms with Crippen LogP contribution in [0.3, 0.4) is 0 Å². The van der Waals surface area contributed by atoms with E-state index in [1.54, 1.807) is 37.3 Å². The molecule has 6 nitrogen and oxygen atoms in total. The fourth-order valence-corrected chi connectivity index (χ4v) is 2.81. The van der Waals surface area contributed by atoms with Crippen molar-refractivity contribution in [3.63, 3.8) is 0 Å². The van der Waals surface area contributed by atoms with E-state index < -0.39 is 24.0 Å². The fraction of sp³-hybridized carbons (Fsp3) is 0.227. The van der Waals surface area contributed by atoms with Gasteiger partial charge in [0.25, 0.3) is 5.91 Å². The summed E-state index contributed by atoms with van der Waals surface area (Å²) in [7, 11) is 0. The summed E-state index contributed by atoms with van der Waals surface area (Å²) in [4.78, 5) is 36.9. The van der Waals surface area contributed by atoms with Crippen molar-refractivity contribution in [2.24, 2.45) is 0 Å². The Morgan fingerprint density at radius 3 is 2.45 bits per heavy atom. The molecule has 3 rings (SSSR count). The summed E-state index contributed by atoms with van der Waals surface area (Å²) in [5.74, 6) is -2.10. The highest BCUT2D eigenvalue weighted by atomic mass is 19.1. The van der Waals surface area contributed by atoms with Crippen LogP contribution in [0.5, 0.6) is 0 Å². The molecule has 2 aromatic carbocycles. The van der Waals surface area contributed by atoms with Gasteiger partial charge in [-0.1, -0.05) is 23.8 Å². The first-order valence-corrected chi connectivity index (χ1v) is 9.06. The molecule has 2 atom stereocenters. The Hall–Kier alpha value is -3.48. The SMILES string of the molecule is Cc1ccc2oc(C(=O)OC(C)C(=O)NC(C)c3ccc(F)cc3)cc(=O)c2c1. The third kappa shape index (κ3) is 4.68. The van der Waals surface area contributed by atoms with Crippen LogP contribution < -0.4 is 10.7 Å². The van der Waals surface area contributed by atoms with Crippen molar-refractivity contribution in [3.05, 3.63) is 81.5 Å². The highest BCUT2D eigenvalue weighted by molar-refractivity contribution is 5.91. The predicted molar refractivity (Wildman–Crippen MR) is 105 cm³/mol. The molecule has 0 radical (unpaired) electrons. The van der Waals surface area contributed by atoms with Gasteiger partial charge in [0.05, 0.1) is 11.4 Å². The van der Waals surface area contributed by atoms with E-state index in [2.05, 4.69) is 5.32 Å². The molecule has 1 N–H and O–H groups in total. The van der Waals surface area contributed by atoms with Crippen LogP contribution in [0.2, 0.25) is 0 Å². The van der Waals surface area contributed by atoms with Gasteiger partial charge in [-0.25, -0.2) is 9.18 Å². The molecule has 7 heteroatoms. The van der Waals surface area contributed by atoms with E-state index in [0.717, 1.165) is 11.6 Å². The quantitative estimate of drug-likeness (QED) is 0.664. The van der Waals surface area contributed by atoms with Gasteiger partial charge in [0.15, 0.2) is 11.5 Å². The molecule has 0 spiro atoms. The molecule has 1 aromatic heterocycles. The number of hydrogen-bond acceptors (Lipinski definition) is 5. The number of ether oxygens (including phenoxy) is 1. The Morgan fingerprint density at radius 2 is 1.76 bits per heavy atom. The minimum absolute atomic E-state index is 0.261. The first-order valence-electron chi connectivity index (χ1n) is 9.06. The summed E-state index contributed by atoms with van der Waals surface area (Å²) in [5.41, 5.74) is 1.48. The van der Waals surface area contributed by atoms with Crippen molar-refractivity contribution in [1.82, 2.24) is 5.32 Å². The second-order valence-corrected chi connectivity index (χ2v) is 6.80.